The van der Waals surface area contributed by atoms with Crippen LogP contribution in [0.3, 0.4) is 0 Å². The molecule has 21 heavy (non-hydrogen) atoms. The number of aliphatic hydroxyl groups is 1. The number of nitrogens with one attached hydrogen (secondary N) is 1. The first-order valence-corrected chi connectivity index (χ1v) is 9.06. The molecule has 2 nitrogen and oxygen atoms in total. The zero-order chi connectivity index (χ0) is 14.7. The van der Waals surface area contributed by atoms with Gasteiger partial charge in [0.25, 0.3) is 0 Å². The second-order valence-electron chi connectivity index (χ2n) is 5.61. The Morgan fingerprint density at radius 1 is 1.33 bits per heavy atom. The van der Waals surface area contributed by atoms with Gasteiger partial charge in [0.2, 0.25) is 0 Å². The first-order chi connectivity index (χ1) is 10.3. The summed E-state index contributed by atoms with van der Waals surface area (Å²) in [5, 5.41) is 13.4. The van der Waals surface area contributed by atoms with Crippen molar-refractivity contribution in [3.05, 3.63) is 56.2 Å². The molecule has 0 spiro atoms. The predicted molar refractivity (Wildman–Crippen MR) is 91.9 cm³/mol. The number of hydrogen-bond donors (Lipinski definition) is 2. The van der Waals surface area contributed by atoms with E-state index in [9.17, 15) is 5.11 Å². The minimum Gasteiger partial charge on any atom is -0.395 e. The van der Waals surface area contributed by atoms with Crippen LogP contribution in [0.1, 0.15) is 34.9 Å². The molecule has 1 heterocycles. The van der Waals surface area contributed by atoms with Gasteiger partial charge in [0.1, 0.15) is 0 Å². The van der Waals surface area contributed by atoms with Crippen LogP contribution in [-0.4, -0.2) is 17.8 Å². The summed E-state index contributed by atoms with van der Waals surface area (Å²) in [4.78, 5) is 1.49. The van der Waals surface area contributed by atoms with E-state index in [2.05, 4.69) is 51.6 Å². The van der Waals surface area contributed by atoms with E-state index in [1.54, 1.807) is 0 Å². The monoisotopic (exact) mass is 365 g/mol. The van der Waals surface area contributed by atoms with Crippen molar-refractivity contribution in [2.75, 3.05) is 6.61 Å². The van der Waals surface area contributed by atoms with E-state index >= 15 is 0 Å². The molecule has 1 aromatic heterocycles. The van der Waals surface area contributed by atoms with Crippen molar-refractivity contribution in [3.8, 4) is 0 Å². The van der Waals surface area contributed by atoms with Gasteiger partial charge in [0.05, 0.1) is 10.4 Å². The highest BCUT2D eigenvalue weighted by Gasteiger charge is 2.24. The lowest BCUT2D eigenvalue weighted by Gasteiger charge is -2.28. The van der Waals surface area contributed by atoms with Gasteiger partial charge in [-0.2, -0.15) is 0 Å². The fourth-order valence-corrected chi connectivity index (χ4v) is 4.87. The molecule has 2 N–H and O–H groups in total. The lowest BCUT2D eigenvalue weighted by Crippen LogP contribution is -2.38. The molecule has 1 aromatic carbocycles. The maximum atomic E-state index is 9.70. The summed E-state index contributed by atoms with van der Waals surface area (Å²) >= 11 is 5.45. The molecule has 4 heteroatoms. The van der Waals surface area contributed by atoms with Gasteiger partial charge in [0.15, 0.2) is 0 Å². The predicted octanol–water partition coefficient (Wildman–Crippen LogP) is 4.08. The standard InChI is InChI=1S/C17H20BrNOS/c18-17-10-14-15(7-4-8-16(14)21-17)19-13(11-20)9-12-5-2-1-3-6-12/h1-3,5-6,10,13,15,19-20H,4,7-9,11H2/t13-,15?/m0/s1. The SMILES string of the molecule is OC[C@H](Cc1ccccc1)NC1CCCc2sc(Br)cc21. The molecule has 0 fully saturated rings. The molecule has 0 radical (unpaired) electrons. The third-order valence-electron chi connectivity index (χ3n) is 4.07. The first-order valence-electron chi connectivity index (χ1n) is 7.45. The van der Waals surface area contributed by atoms with E-state index < -0.39 is 0 Å². The Hall–Kier alpha value is -0.680. The molecule has 0 bridgehead atoms. The van der Waals surface area contributed by atoms with Gasteiger partial charge in [-0.05, 0) is 58.8 Å². The zero-order valence-corrected chi connectivity index (χ0v) is 14.3. The summed E-state index contributed by atoms with van der Waals surface area (Å²) in [5.41, 5.74) is 2.69. The van der Waals surface area contributed by atoms with E-state index in [0.29, 0.717) is 6.04 Å². The van der Waals surface area contributed by atoms with Crippen molar-refractivity contribution < 1.29 is 5.11 Å². The van der Waals surface area contributed by atoms with Gasteiger partial charge in [-0.25, -0.2) is 0 Å². The molecular formula is C17H20BrNOS. The van der Waals surface area contributed by atoms with Crippen LogP contribution in [0.5, 0.6) is 0 Å². The molecule has 2 aromatic rings. The number of thiophene rings is 1. The number of aryl methyl sites for hydroxylation is 1. The maximum absolute atomic E-state index is 9.70. The molecule has 0 saturated heterocycles. The van der Waals surface area contributed by atoms with E-state index in [0.717, 1.165) is 12.8 Å². The van der Waals surface area contributed by atoms with Crippen molar-refractivity contribution in [1.29, 1.82) is 0 Å². The van der Waals surface area contributed by atoms with Gasteiger partial charge < -0.3 is 10.4 Å². The summed E-state index contributed by atoms with van der Waals surface area (Å²) in [5.74, 6) is 0. The molecule has 112 valence electrons. The van der Waals surface area contributed by atoms with Gasteiger partial charge >= 0.3 is 0 Å². The van der Waals surface area contributed by atoms with E-state index in [1.165, 1.54) is 32.6 Å². The number of fused-ring (bicyclic) bond motifs is 1. The third kappa shape index (κ3) is 3.75. The Balaban J connectivity index is 1.70. The highest BCUT2D eigenvalue weighted by molar-refractivity contribution is 9.11. The number of aliphatic hydroxyl groups excluding tert-OH is 1. The molecule has 1 aliphatic carbocycles. The number of halogens is 1. The van der Waals surface area contributed by atoms with Crippen molar-refractivity contribution in [2.24, 2.45) is 0 Å². The van der Waals surface area contributed by atoms with Crippen LogP contribution >= 0.6 is 27.3 Å². The van der Waals surface area contributed by atoms with E-state index in [1.807, 2.05) is 17.4 Å². The van der Waals surface area contributed by atoms with Gasteiger partial charge in [-0.3, -0.25) is 0 Å². The number of benzene rings is 1. The van der Waals surface area contributed by atoms with Crippen molar-refractivity contribution in [3.63, 3.8) is 0 Å². The lowest BCUT2D eigenvalue weighted by atomic mass is 9.93. The highest BCUT2D eigenvalue weighted by atomic mass is 79.9. The molecule has 3 rings (SSSR count). The lowest BCUT2D eigenvalue weighted by molar-refractivity contribution is 0.226. The van der Waals surface area contributed by atoms with E-state index in [-0.39, 0.29) is 12.6 Å². The second kappa shape index (κ2) is 7.05. The van der Waals surface area contributed by atoms with Crippen molar-refractivity contribution >= 4 is 27.3 Å². The molecule has 1 aliphatic rings. The van der Waals surface area contributed by atoms with Crippen molar-refractivity contribution in [2.45, 2.75) is 37.8 Å². The Morgan fingerprint density at radius 3 is 2.90 bits per heavy atom. The summed E-state index contributed by atoms with van der Waals surface area (Å²) in [6.07, 6.45) is 4.43. The molecule has 2 atom stereocenters. The normalized spacial score (nSPS) is 19.2. The highest BCUT2D eigenvalue weighted by Crippen LogP contribution is 2.38. The van der Waals surface area contributed by atoms with Crippen LogP contribution in [0.25, 0.3) is 0 Å². The Labute approximate surface area is 138 Å². The molecule has 0 aliphatic heterocycles. The smallest absolute Gasteiger partial charge is 0.0704 e. The molecule has 0 amide bonds. The average Bonchev–Trinajstić information content (AvgIpc) is 2.89. The Kier molecular flexibility index (Phi) is 5.11. The Morgan fingerprint density at radius 2 is 2.14 bits per heavy atom. The van der Waals surface area contributed by atoms with Gasteiger partial charge in [0, 0.05) is 17.0 Å². The van der Waals surface area contributed by atoms with Crippen LogP contribution in [-0.2, 0) is 12.8 Å². The zero-order valence-electron chi connectivity index (χ0n) is 11.9. The second-order valence-corrected chi connectivity index (χ2v) is 8.13. The Bertz CT molecular complexity index is 584. The topological polar surface area (TPSA) is 32.3 Å². The van der Waals surface area contributed by atoms with Crippen LogP contribution in [0, 0.1) is 0 Å². The van der Waals surface area contributed by atoms with Crippen molar-refractivity contribution in [1.82, 2.24) is 5.32 Å². The van der Waals surface area contributed by atoms with Gasteiger partial charge in [-0.1, -0.05) is 30.3 Å². The third-order valence-corrected chi connectivity index (χ3v) is 5.78. The van der Waals surface area contributed by atoms with Crippen LogP contribution in [0.4, 0.5) is 0 Å². The quantitative estimate of drug-likeness (QED) is 0.836. The summed E-state index contributed by atoms with van der Waals surface area (Å²) in [6, 6.07) is 13.1. The average molecular weight is 366 g/mol. The number of rotatable bonds is 5. The number of hydrogen-bond acceptors (Lipinski definition) is 3. The first kappa shape index (κ1) is 15.2. The summed E-state index contributed by atoms with van der Waals surface area (Å²) in [6.45, 7) is 0.173. The largest absolute Gasteiger partial charge is 0.395 e. The minimum atomic E-state index is 0.113. The molecular weight excluding hydrogens is 346 g/mol. The fraction of sp³-hybridized carbons (Fsp3) is 0.412. The van der Waals surface area contributed by atoms with Crippen LogP contribution in [0.15, 0.2) is 40.2 Å². The fourth-order valence-electron chi connectivity index (χ4n) is 3.05. The minimum absolute atomic E-state index is 0.113. The maximum Gasteiger partial charge on any atom is 0.0704 e. The molecule has 1 unspecified atom stereocenters. The summed E-state index contributed by atoms with van der Waals surface area (Å²) in [7, 11) is 0. The van der Waals surface area contributed by atoms with E-state index in [4.69, 9.17) is 0 Å². The van der Waals surface area contributed by atoms with Gasteiger partial charge in [-0.15, -0.1) is 11.3 Å². The molecule has 0 saturated carbocycles. The summed E-state index contributed by atoms with van der Waals surface area (Å²) < 4.78 is 1.21. The van der Waals surface area contributed by atoms with Crippen LogP contribution < -0.4 is 5.32 Å². The van der Waals surface area contributed by atoms with Crippen LogP contribution in [0.2, 0.25) is 0 Å².